The minimum absolute atomic E-state index is 0.311. The van der Waals surface area contributed by atoms with Gasteiger partial charge in [-0.25, -0.2) is 0 Å². The molecule has 1 saturated carbocycles. The highest BCUT2D eigenvalue weighted by Gasteiger charge is 2.41. The Labute approximate surface area is 67.4 Å². The highest BCUT2D eigenvalue weighted by atomic mass is 16.2. The Morgan fingerprint density at radius 2 is 2.36 bits per heavy atom. The molecule has 2 heteroatoms. The van der Waals surface area contributed by atoms with Crippen molar-refractivity contribution in [3.05, 3.63) is 0 Å². The largest absolute Gasteiger partial charge is 0.356 e. The average Bonchev–Trinajstić information content (AvgIpc) is 2.53. The summed E-state index contributed by atoms with van der Waals surface area (Å²) in [4.78, 5) is 11.2. The smallest absolute Gasteiger partial charge is 0.223 e. The van der Waals surface area contributed by atoms with E-state index in [1.165, 1.54) is 12.8 Å². The fourth-order valence-corrected chi connectivity index (χ4v) is 2.48. The lowest BCUT2D eigenvalue weighted by molar-refractivity contribution is -0.122. The molecule has 0 aromatic rings. The van der Waals surface area contributed by atoms with Gasteiger partial charge in [0, 0.05) is 12.5 Å². The first-order valence-electron chi connectivity index (χ1n) is 4.59. The van der Waals surface area contributed by atoms with Crippen molar-refractivity contribution in [2.75, 3.05) is 6.54 Å². The molecule has 1 saturated heterocycles. The molecule has 0 aromatic heterocycles. The minimum atomic E-state index is 0.311. The average molecular weight is 153 g/mol. The molecular formula is C9H15NO. The van der Waals surface area contributed by atoms with Crippen LogP contribution in [0, 0.1) is 17.8 Å². The van der Waals surface area contributed by atoms with E-state index in [2.05, 4.69) is 12.2 Å². The molecule has 0 aromatic carbocycles. The summed E-state index contributed by atoms with van der Waals surface area (Å²) in [6.07, 6.45) is 3.67. The zero-order chi connectivity index (χ0) is 7.84. The summed E-state index contributed by atoms with van der Waals surface area (Å²) in [5.41, 5.74) is 0. The number of carbonyl (C=O) groups excluding carboxylic acids is 1. The Morgan fingerprint density at radius 1 is 1.55 bits per heavy atom. The number of hydrogen-bond acceptors (Lipinski definition) is 1. The third kappa shape index (κ3) is 1.05. The van der Waals surface area contributed by atoms with Crippen LogP contribution in [0.15, 0.2) is 0 Å². The first-order valence-corrected chi connectivity index (χ1v) is 4.59. The van der Waals surface area contributed by atoms with Crippen LogP contribution < -0.4 is 5.32 Å². The maximum Gasteiger partial charge on any atom is 0.223 e. The van der Waals surface area contributed by atoms with E-state index in [9.17, 15) is 4.79 Å². The summed E-state index contributed by atoms with van der Waals surface area (Å²) in [6.45, 7) is 3.17. The number of nitrogens with one attached hydrogen (secondary N) is 1. The van der Waals surface area contributed by atoms with E-state index in [-0.39, 0.29) is 0 Å². The van der Waals surface area contributed by atoms with Gasteiger partial charge in [-0.2, -0.15) is 0 Å². The Hall–Kier alpha value is -0.530. The molecule has 1 heterocycles. The first-order chi connectivity index (χ1) is 5.31. The summed E-state index contributed by atoms with van der Waals surface area (Å²) in [6, 6.07) is 0. The molecule has 2 nitrogen and oxygen atoms in total. The lowest BCUT2D eigenvalue weighted by atomic mass is 10.0. The molecule has 1 N–H and O–H groups in total. The molecule has 62 valence electrons. The van der Waals surface area contributed by atoms with Crippen LogP contribution in [0.25, 0.3) is 0 Å². The molecule has 3 unspecified atom stereocenters. The number of rotatable bonds is 1. The molecule has 1 aliphatic heterocycles. The van der Waals surface area contributed by atoms with E-state index >= 15 is 0 Å². The topological polar surface area (TPSA) is 29.1 Å². The van der Waals surface area contributed by atoms with Crippen molar-refractivity contribution in [3.8, 4) is 0 Å². The quantitative estimate of drug-likeness (QED) is 0.602. The molecule has 1 aliphatic carbocycles. The number of hydrogen-bond donors (Lipinski definition) is 1. The lowest BCUT2D eigenvalue weighted by Crippen LogP contribution is -2.19. The first kappa shape index (κ1) is 7.14. The van der Waals surface area contributed by atoms with Crippen molar-refractivity contribution in [1.29, 1.82) is 0 Å². The lowest BCUT2D eigenvalue weighted by Gasteiger charge is -2.05. The molecule has 0 bridgehead atoms. The SMILES string of the molecule is CCC1CC2CNC(=O)C2C1. The Balaban J connectivity index is 2.04. The molecule has 0 spiro atoms. The summed E-state index contributed by atoms with van der Waals surface area (Å²) in [5, 5.41) is 2.93. The predicted molar refractivity (Wildman–Crippen MR) is 43.0 cm³/mol. The van der Waals surface area contributed by atoms with Gasteiger partial charge in [0.25, 0.3) is 0 Å². The molecule has 2 aliphatic rings. The minimum Gasteiger partial charge on any atom is -0.356 e. The summed E-state index contributed by atoms with van der Waals surface area (Å²) in [5.74, 6) is 2.19. The predicted octanol–water partition coefficient (Wildman–Crippen LogP) is 1.17. The van der Waals surface area contributed by atoms with Crippen molar-refractivity contribution in [2.24, 2.45) is 17.8 Å². The highest BCUT2D eigenvalue weighted by molar-refractivity contribution is 5.81. The molecular weight excluding hydrogens is 138 g/mol. The van der Waals surface area contributed by atoms with Gasteiger partial charge in [-0.1, -0.05) is 13.3 Å². The van der Waals surface area contributed by atoms with Crippen molar-refractivity contribution in [3.63, 3.8) is 0 Å². The van der Waals surface area contributed by atoms with Crippen LogP contribution in [-0.2, 0) is 4.79 Å². The second-order valence-corrected chi connectivity index (χ2v) is 3.86. The van der Waals surface area contributed by atoms with Crippen molar-refractivity contribution >= 4 is 5.91 Å². The van der Waals surface area contributed by atoms with Gasteiger partial charge in [0.1, 0.15) is 0 Å². The zero-order valence-electron chi connectivity index (χ0n) is 6.97. The number of amides is 1. The highest BCUT2D eigenvalue weighted by Crippen LogP contribution is 2.40. The monoisotopic (exact) mass is 153 g/mol. The van der Waals surface area contributed by atoms with Crippen LogP contribution in [0.4, 0.5) is 0 Å². The number of fused-ring (bicyclic) bond motifs is 1. The summed E-state index contributed by atoms with van der Waals surface area (Å²) < 4.78 is 0. The van der Waals surface area contributed by atoms with E-state index in [1.807, 2.05) is 0 Å². The fraction of sp³-hybridized carbons (Fsp3) is 0.889. The standard InChI is InChI=1S/C9H15NO/c1-2-6-3-7-5-10-9(11)8(7)4-6/h6-8H,2-5H2,1H3,(H,10,11). The van der Waals surface area contributed by atoms with Crippen LogP contribution >= 0.6 is 0 Å². The maximum atomic E-state index is 11.2. The molecule has 2 rings (SSSR count). The van der Waals surface area contributed by atoms with Gasteiger partial charge < -0.3 is 5.32 Å². The van der Waals surface area contributed by atoms with Crippen molar-refractivity contribution < 1.29 is 4.79 Å². The third-order valence-corrected chi connectivity index (χ3v) is 3.24. The fourth-order valence-electron chi connectivity index (χ4n) is 2.48. The van der Waals surface area contributed by atoms with E-state index < -0.39 is 0 Å². The molecule has 1 amide bonds. The molecule has 3 atom stereocenters. The zero-order valence-corrected chi connectivity index (χ0v) is 6.97. The molecule has 0 radical (unpaired) electrons. The van der Waals surface area contributed by atoms with Gasteiger partial charge in [0.2, 0.25) is 5.91 Å². The maximum absolute atomic E-state index is 11.2. The number of carbonyl (C=O) groups is 1. The van der Waals surface area contributed by atoms with Crippen LogP contribution in [0.5, 0.6) is 0 Å². The van der Waals surface area contributed by atoms with Crippen LogP contribution in [0.3, 0.4) is 0 Å². The third-order valence-electron chi connectivity index (χ3n) is 3.24. The van der Waals surface area contributed by atoms with Gasteiger partial charge in [0.05, 0.1) is 0 Å². The molecule has 2 fully saturated rings. The van der Waals surface area contributed by atoms with Crippen LogP contribution in [-0.4, -0.2) is 12.5 Å². The van der Waals surface area contributed by atoms with Crippen LogP contribution in [0.1, 0.15) is 26.2 Å². The van der Waals surface area contributed by atoms with E-state index in [1.54, 1.807) is 0 Å². The Kier molecular flexibility index (Phi) is 1.63. The molecule has 11 heavy (non-hydrogen) atoms. The van der Waals surface area contributed by atoms with Gasteiger partial charge in [-0.05, 0) is 24.7 Å². The van der Waals surface area contributed by atoms with E-state index in [0.717, 1.165) is 18.9 Å². The normalized spacial score (nSPS) is 42.3. The summed E-state index contributed by atoms with van der Waals surface area (Å²) in [7, 11) is 0. The van der Waals surface area contributed by atoms with Crippen molar-refractivity contribution in [1.82, 2.24) is 5.32 Å². The van der Waals surface area contributed by atoms with Crippen molar-refractivity contribution in [2.45, 2.75) is 26.2 Å². The Bertz CT molecular complexity index is 178. The van der Waals surface area contributed by atoms with Crippen LogP contribution in [0.2, 0.25) is 0 Å². The second-order valence-electron chi connectivity index (χ2n) is 3.86. The van der Waals surface area contributed by atoms with Gasteiger partial charge in [-0.3, -0.25) is 4.79 Å². The van der Waals surface area contributed by atoms with Gasteiger partial charge in [-0.15, -0.1) is 0 Å². The van der Waals surface area contributed by atoms with Gasteiger partial charge >= 0.3 is 0 Å². The van der Waals surface area contributed by atoms with E-state index in [4.69, 9.17) is 0 Å². The van der Waals surface area contributed by atoms with Gasteiger partial charge in [0.15, 0.2) is 0 Å². The van der Waals surface area contributed by atoms with E-state index in [0.29, 0.717) is 17.7 Å². The second kappa shape index (κ2) is 2.50. The summed E-state index contributed by atoms with van der Waals surface area (Å²) >= 11 is 0. The Morgan fingerprint density at radius 3 is 3.00 bits per heavy atom.